The second kappa shape index (κ2) is 6.83. The van der Waals surface area contributed by atoms with Crippen LogP contribution in [0.15, 0.2) is 60.9 Å². The molecule has 3 aromatic heterocycles. The molecule has 0 bridgehead atoms. The summed E-state index contributed by atoms with van der Waals surface area (Å²) >= 11 is 0. The molecule has 0 spiro atoms. The second-order valence-corrected chi connectivity index (χ2v) is 5.94. The van der Waals surface area contributed by atoms with Gasteiger partial charge in [-0.1, -0.05) is 17.7 Å². The summed E-state index contributed by atoms with van der Waals surface area (Å²) < 4.78 is 15.6. The minimum atomic E-state index is -0.424. The third-order valence-corrected chi connectivity index (χ3v) is 3.94. The minimum absolute atomic E-state index is 0.217. The molecule has 1 aromatic carbocycles. The van der Waals surface area contributed by atoms with E-state index >= 15 is 0 Å². The Hall–Kier alpha value is -3.81. The third kappa shape index (κ3) is 3.45. The molecule has 0 saturated carbocycles. The van der Waals surface area contributed by atoms with Gasteiger partial charge in [0.05, 0.1) is 5.69 Å². The van der Waals surface area contributed by atoms with Gasteiger partial charge in [0, 0.05) is 24.0 Å². The number of hydrogen-bond acceptors (Lipinski definition) is 4. The summed E-state index contributed by atoms with van der Waals surface area (Å²) in [5, 5.41) is 13.5. The number of aryl methyl sites for hydroxylation is 1. The number of aromatic nitrogens is 5. The van der Waals surface area contributed by atoms with E-state index in [4.69, 9.17) is 0 Å². The van der Waals surface area contributed by atoms with Crippen molar-refractivity contribution in [2.24, 2.45) is 0 Å². The summed E-state index contributed by atoms with van der Waals surface area (Å²) in [4.78, 5) is 16.8. The summed E-state index contributed by atoms with van der Waals surface area (Å²) in [6.45, 7) is 1.88. The van der Waals surface area contributed by atoms with Crippen molar-refractivity contribution in [3.63, 3.8) is 0 Å². The summed E-state index contributed by atoms with van der Waals surface area (Å²) in [5.41, 5.74) is 2.01. The molecule has 0 fully saturated rings. The van der Waals surface area contributed by atoms with Crippen molar-refractivity contribution < 1.29 is 9.18 Å². The molecule has 0 saturated heterocycles. The van der Waals surface area contributed by atoms with Gasteiger partial charge in [0.25, 0.3) is 5.91 Å². The number of halogens is 1. The number of aromatic amines is 1. The zero-order valence-electron chi connectivity index (χ0n) is 14.3. The van der Waals surface area contributed by atoms with Crippen LogP contribution in [0.5, 0.6) is 0 Å². The zero-order valence-corrected chi connectivity index (χ0v) is 14.3. The Kier molecular flexibility index (Phi) is 4.21. The normalized spacial score (nSPS) is 10.7. The number of nitrogens with one attached hydrogen (secondary N) is 2. The Morgan fingerprint density at radius 1 is 1.19 bits per heavy atom. The van der Waals surface area contributed by atoms with Crippen LogP contribution in [0.3, 0.4) is 0 Å². The van der Waals surface area contributed by atoms with Gasteiger partial charge in [-0.3, -0.25) is 9.89 Å². The first-order valence-electron chi connectivity index (χ1n) is 8.20. The van der Waals surface area contributed by atoms with Gasteiger partial charge >= 0.3 is 0 Å². The van der Waals surface area contributed by atoms with Crippen LogP contribution in [0.4, 0.5) is 10.2 Å². The van der Waals surface area contributed by atoms with Crippen LogP contribution in [-0.2, 0) is 0 Å². The second-order valence-electron chi connectivity index (χ2n) is 5.94. The Morgan fingerprint density at radius 3 is 2.89 bits per heavy atom. The predicted octanol–water partition coefficient (Wildman–Crippen LogP) is 3.36. The highest BCUT2D eigenvalue weighted by Crippen LogP contribution is 2.24. The molecule has 3 heterocycles. The van der Waals surface area contributed by atoms with Crippen LogP contribution >= 0.6 is 0 Å². The zero-order chi connectivity index (χ0) is 18.8. The molecular formula is C19H15FN6O. The number of hydrogen-bond donors (Lipinski definition) is 2. The molecule has 0 atom stereocenters. The van der Waals surface area contributed by atoms with Gasteiger partial charge in [-0.15, -0.1) is 0 Å². The molecule has 2 N–H and O–H groups in total. The summed E-state index contributed by atoms with van der Waals surface area (Å²) in [6, 6.07) is 13.2. The first-order valence-corrected chi connectivity index (χ1v) is 8.20. The summed E-state index contributed by atoms with van der Waals surface area (Å²) in [5.74, 6) is 0.0156. The fourth-order valence-corrected chi connectivity index (χ4v) is 2.63. The van der Waals surface area contributed by atoms with E-state index in [1.807, 2.05) is 6.92 Å². The SMILES string of the molecule is Cc1ccc(F)c(-c2cc(NC(=O)c3cccc(-n4cccn4)n3)n[nH]2)c1. The topological polar surface area (TPSA) is 88.5 Å². The molecule has 1 amide bonds. The fraction of sp³-hybridized carbons (Fsp3) is 0.0526. The van der Waals surface area contributed by atoms with E-state index < -0.39 is 5.91 Å². The van der Waals surface area contributed by atoms with Crippen LogP contribution in [0.25, 0.3) is 17.1 Å². The lowest BCUT2D eigenvalue weighted by molar-refractivity contribution is 0.102. The van der Waals surface area contributed by atoms with Gasteiger partial charge < -0.3 is 5.32 Å². The monoisotopic (exact) mass is 362 g/mol. The molecule has 4 rings (SSSR count). The van der Waals surface area contributed by atoms with Crippen LogP contribution in [-0.4, -0.2) is 30.9 Å². The number of benzene rings is 1. The van der Waals surface area contributed by atoms with Crippen molar-refractivity contribution >= 4 is 11.7 Å². The molecule has 8 heteroatoms. The van der Waals surface area contributed by atoms with Crippen molar-refractivity contribution in [1.29, 1.82) is 0 Å². The van der Waals surface area contributed by atoms with Gasteiger partial charge in [0.2, 0.25) is 0 Å². The highest BCUT2D eigenvalue weighted by Gasteiger charge is 2.13. The quantitative estimate of drug-likeness (QED) is 0.583. The summed E-state index contributed by atoms with van der Waals surface area (Å²) in [6.07, 6.45) is 3.37. The van der Waals surface area contributed by atoms with Gasteiger partial charge in [-0.05, 0) is 37.3 Å². The first-order chi connectivity index (χ1) is 13.1. The van der Waals surface area contributed by atoms with Crippen LogP contribution in [0.2, 0.25) is 0 Å². The number of pyridine rings is 1. The molecule has 0 unspecified atom stereocenters. The van der Waals surface area contributed by atoms with Crippen molar-refractivity contribution in [1.82, 2.24) is 25.0 Å². The summed E-state index contributed by atoms with van der Waals surface area (Å²) in [7, 11) is 0. The maximum Gasteiger partial charge on any atom is 0.275 e. The molecule has 7 nitrogen and oxygen atoms in total. The number of amides is 1. The third-order valence-electron chi connectivity index (χ3n) is 3.94. The number of carbonyl (C=O) groups excluding carboxylic acids is 1. The number of rotatable bonds is 4. The lowest BCUT2D eigenvalue weighted by atomic mass is 10.1. The molecule has 0 aliphatic rings. The Morgan fingerprint density at radius 2 is 2.07 bits per heavy atom. The number of H-pyrrole nitrogens is 1. The van der Waals surface area contributed by atoms with Gasteiger partial charge in [-0.2, -0.15) is 10.2 Å². The van der Waals surface area contributed by atoms with Crippen molar-refractivity contribution in [3.8, 4) is 17.1 Å². The standard InChI is InChI=1S/C19H15FN6O/c1-12-6-7-14(20)13(10-12)16-11-17(25-24-16)23-19(27)15-4-2-5-18(22-15)26-9-3-8-21-26/h2-11H,1H3,(H2,23,24,25,27). The average molecular weight is 362 g/mol. The van der Waals surface area contributed by atoms with Crippen LogP contribution < -0.4 is 5.32 Å². The molecular weight excluding hydrogens is 347 g/mol. The molecule has 134 valence electrons. The van der Waals surface area contributed by atoms with E-state index in [-0.39, 0.29) is 17.3 Å². The molecule has 4 aromatic rings. The minimum Gasteiger partial charge on any atom is -0.304 e. The fourth-order valence-electron chi connectivity index (χ4n) is 2.63. The van der Waals surface area contributed by atoms with Gasteiger partial charge in [0.1, 0.15) is 11.5 Å². The van der Waals surface area contributed by atoms with E-state index in [2.05, 4.69) is 25.6 Å². The van der Waals surface area contributed by atoms with Crippen molar-refractivity contribution in [2.75, 3.05) is 5.32 Å². The van der Waals surface area contributed by atoms with E-state index in [1.165, 1.54) is 6.07 Å². The Labute approximate surface area is 153 Å². The maximum atomic E-state index is 14.0. The maximum absolute atomic E-state index is 14.0. The van der Waals surface area contributed by atoms with E-state index in [1.54, 1.807) is 59.5 Å². The number of carbonyl (C=O) groups is 1. The average Bonchev–Trinajstić information content (AvgIpc) is 3.36. The highest BCUT2D eigenvalue weighted by molar-refractivity contribution is 6.02. The van der Waals surface area contributed by atoms with Crippen LogP contribution in [0.1, 0.15) is 16.1 Å². The number of anilines is 1. The van der Waals surface area contributed by atoms with Gasteiger partial charge in [0.15, 0.2) is 11.6 Å². The first kappa shape index (κ1) is 16.6. The Balaban J connectivity index is 1.55. The van der Waals surface area contributed by atoms with Crippen molar-refractivity contribution in [2.45, 2.75) is 6.92 Å². The highest BCUT2D eigenvalue weighted by atomic mass is 19.1. The largest absolute Gasteiger partial charge is 0.304 e. The lowest BCUT2D eigenvalue weighted by Crippen LogP contribution is -2.15. The Bertz CT molecular complexity index is 1100. The van der Waals surface area contributed by atoms with Crippen LogP contribution in [0, 0.1) is 12.7 Å². The van der Waals surface area contributed by atoms with E-state index in [0.717, 1.165) is 5.56 Å². The number of nitrogens with zero attached hydrogens (tertiary/aromatic N) is 4. The molecule has 0 aliphatic carbocycles. The lowest BCUT2D eigenvalue weighted by Gasteiger charge is -2.04. The van der Waals surface area contributed by atoms with E-state index in [9.17, 15) is 9.18 Å². The predicted molar refractivity (Wildman–Crippen MR) is 98.0 cm³/mol. The molecule has 0 radical (unpaired) electrons. The molecule has 27 heavy (non-hydrogen) atoms. The van der Waals surface area contributed by atoms with Gasteiger partial charge in [-0.25, -0.2) is 14.1 Å². The molecule has 0 aliphatic heterocycles. The smallest absolute Gasteiger partial charge is 0.275 e. The van der Waals surface area contributed by atoms with E-state index in [0.29, 0.717) is 17.1 Å². The van der Waals surface area contributed by atoms with Crippen molar-refractivity contribution in [3.05, 3.63) is 78.0 Å².